The number of hydrogen-bond acceptors (Lipinski definition) is 22. The average molecular weight is 2010 g/mol. The number of aliphatic carboxylic acids is 3. The molecule has 23 rings (SSSR count). The van der Waals surface area contributed by atoms with Crippen molar-refractivity contribution in [2.24, 2.45) is 0 Å². The molecule has 150 heavy (non-hydrogen) atoms. The largest absolute Gasteiger partial charge is 0.493 e. The van der Waals surface area contributed by atoms with E-state index in [2.05, 4.69) is 44.5 Å². The van der Waals surface area contributed by atoms with Crippen molar-refractivity contribution in [1.29, 1.82) is 0 Å². The summed E-state index contributed by atoms with van der Waals surface area (Å²) in [5, 5.41) is 46.8. The number of carboxylic acids is 3. The lowest BCUT2D eigenvalue weighted by Crippen LogP contribution is -2.28. The summed E-state index contributed by atoms with van der Waals surface area (Å²) >= 11 is 0. The fourth-order valence-electron chi connectivity index (χ4n) is 21.2. The quantitative estimate of drug-likeness (QED) is 0.0638. The number of rotatable bonds is 20. The van der Waals surface area contributed by atoms with E-state index in [4.69, 9.17) is 62.6 Å². The van der Waals surface area contributed by atoms with E-state index < -0.39 is 64.7 Å². The van der Waals surface area contributed by atoms with Crippen LogP contribution < -0.4 is 29.2 Å². The topological polar surface area (TPSA) is 342 Å². The Labute approximate surface area is 866 Å². The highest BCUT2D eigenvalue weighted by atomic mass is 16.5. The first kappa shape index (κ1) is 101. The third-order valence-corrected chi connectivity index (χ3v) is 27.2. The Morgan fingerprint density at radius 2 is 0.713 bits per heavy atom. The molecule has 13 heterocycles. The molecule has 27 heteroatoms. The summed E-state index contributed by atoms with van der Waals surface area (Å²) in [6, 6.07) is 64.0. The zero-order valence-electron chi connectivity index (χ0n) is 86.8. The number of ketones is 1. The number of carbonyl (C=O) groups excluding carboxylic acids is 1. The van der Waals surface area contributed by atoms with Crippen LogP contribution in [-0.2, 0) is 70.4 Å². The molecular weight excluding hydrogens is 1890 g/mol. The number of carboxylic acid groups (broad SMARTS) is 3. The van der Waals surface area contributed by atoms with Gasteiger partial charge in [-0.2, -0.15) is 0 Å². The van der Waals surface area contributed by atoms with Crippen LogP contribution in [-0.4, -0.2) is 137 Å². The second-order valence-corrected chi connectivity index (χ2v) is 42.3. The number of Topliss-reactive ketones (excluding diaryl/α,β-unsaturated/α-hetero) is 1. The van der Waals surface area contributed by atoms with Gasteiger partial charge >= 0.3 is 17.9 Å². The summed E-state index contributed by atoms with van der Waals surface area (Å²) < 4.78 is 58.2. The molecule has 0 radical (unpaired) electrons. The summed E-state index contributed by atoms with van der Waals surface area (Å²) in [4.78, 5) is 92.8. The lowest BCUT2D eigenvalue weighted by Gasteiger charge is -2.30. The molecule has 0 unspecified atom stereocenters. The Morgan fingerprint density at radius 3 is 1.09 bits per heavy atom. The highest BCUT2D eigenvalue weighted by Gasteiger charge is 2.40. The molecule has 760 valence electrons. The molecule has 0 bridgehead atoms. The first-order valence-electron chi connectivity index (χ1n) is 50.4. The Kier molecular flexibility index (Phi) is 27.2. The summed E-state index contributed by atoms with van der Waals surface area (Å²) in [5.74, 6) is 1.43. The van der Waals surface area contributed by atoms with Crippen molar-refractivity contribution in [3.63, 3.8) is 0 Å². The van der Waals surface area contributed by atoms with Gasteiger partial charge in [0.15, 0.2) is 24.1 Å². The summed E-state index contributed by atoms with van der Waals surface area (Å²) in [5.41, 5.74) is 22.6. The van der Waals surface area contributed by atoms with Crippen molar-refractivity contribution < 1.29 is 77.1 Å². The van der Waals surface area contributed by atoms with Crippen LogP contribution in [0.4, 0.5) is 0 Å². The lowest BCUT2D eigenvalue weighted by atomic mass is 9.85. The molecule has 4 aliphatic heterocycles. The predicted octanol–water partition coefficient (Wildman–Crippen LogP) is 25.3. The number of fused-ring (bicyclic) bond motifs is 6. The maximum Gasteiger partial charge on any atom is 0.337 e. The van der Waals surface area contributed by atoms with Gasteiger partial charge in [0.25, 0.3) is 5.56 Å². The zero-order chi connectivity index (χ0) is 105. The van der Waals surface area contributed by atoms with Gasteiger partial charge in [0.05, 0.1) is 111 Å². The summed E-state index contributed by atoms with van der Waals surface area (Å²) in [7, 11) is 0. The number of ether oxygens (including phenoxy) is 9. The van der Waals surface area contributed by atoms with Crippen LogP contribution in [0.3, 0.4) is 0 Å². The van der Waals surface area contributed by atoms with E-state index in [1.54, 1.807) is 48.4 Å². The van der Waals surface area contributed by atoms with Gasteiger partial charge in [0.2, 0.25) is 0 Å². The second kappa shape index (κ2) is 40.4. The Morgan fingerprint density at radius 1 is 0.367 bits per heavy atom. The number of carbonyl (C=O) groups is 4. The molecule has 0 amide bonds. The zero-order valence-corrected chi connectivity index (χ0v) is 86.8. The highest BCUT2D eigenvalue weighted by Crippen LogP contribution is 2.52. The summed E-state index contributed by atoms with van der Waals surface area (Å²) in [6.45, 7) is 34.7. The number of hydrogen-bond donors (Lipinski definition) is 3. The number of pyridine rings is 8. The molecule has 0 saturated carbocycles. The maximum atomic E-state index is 13.6. The van der Waals surface area contributed by atoms with Gasteiger partial charge in [0.1, 0.15) is 40.6 Å². The predicted molar refractivity (Wildman–Crippen MR) is 581 cm³/mol. The van der Waals surface area contributed by atoms with E-state index in [-0.39, 0.29) is 11.3 Å². The van der Waals surface area contributed by atoms with Crippen LogP contribution in [0.2, 0.25) is 0 Å². The van der Waals surface area contributed by atoms with Crippen molar-refractivity contribution in [3.8, 4) is 79.0 Å². The second-order valence-electron chi connectivity index (χ2n) is 42.3. The monoisotopic (exact) mass is 2000 g/mol. The van der Waals surface area contributed by atoms with Crippen LogP contribution >= 0.6 is 0 Å². The molecule has 0 saturated heterocycles. The van der Waals surface area contributed by atoms with Crippen LogP contribution in [0, 0.1) is 27.7 Å². The van der Waals surface area contributed by atoms with E-state index >= 15 is 0 Å². The van der Waals surface area contributed by atoms with Gasteiger partial charge in [-0.15, -0.1) is 5.10 Å². The molecule has 27 nitrogen and oxygen atoms in total. The highest BCUT2D eigenvalue weighted by molar-refractivity contribution is 6.13. The van der Waals surface area contributed by atoms with Crippen molar-refractivity contribution in [3.05, 3.63) is 326 Å². The number of para-hydroxylation sites is 1. The maximum absolute atomic E-state index is 13.6. The number of aromatic nitrogens is 10. The fourth-order valence-corrected chi connectivity index (χ4v) is 21.2. The van der Waals surface area contributed by atoms with Crippen molar-refractivity contribution >= 4 is 116 Å². The van der Waals surface area contributed by atoms with Crippen molar-refractivity contribution in [1.82, 2.24) is 49.3 Å². The van der Waals surface area contributed by atoms with E-state index in [1.165, 1.54) is 16.7 Å². The van der Waals surface area contributed by atoms with E-state index in [0.717, 1.165) is 208 Å². The molecule has 0 spiro atoms. The molecule has 10 aromatic carbocycles. The van der Waals surface area contributed by atoms with Gasteiger partial charge in [-0.1, -0.05) is 47.7 Å². The molecule has 0 fully saturated rings. The van der Waals surface area contributed by atoms with Gasteiger partial charge in [-0.3, -0.25) is 39.5 Å². The fraction of sp³-hybridized carbons (Fsp3) is 0.276. The van der Waals surface area contributed by atoms with Crippen molar-refractivity contribution in [2.75, 3.05) is 26.4 Å². The van der Waals surface area contributed by atoms with Crippen LogP contribution in [0.5, 0.6) is 34.5 Å². The molecule has 19 aromatic rings. The average Bonchev–Trinajstić information content (AvgIpc) is 1.22. The molecule has 4 atom stereocenters. The SMILES string of the molecule is CC(=O)[C@@H](OC(C)(C)C)c1c(C)cc2c(ccc3cnnn32)c1-c1ccc2c3c(ccnc13)CCO2.Cc1cc2c(ccc(=O)n2Cc2ccc(Oc3ccccc3)cc2)c(-c2ccc3c4c(ccnc24)CCO3)c1[C@H](OC(C)(C)C)C(=O)O.Cc1cc2ncccc2c(-c2ccc3c4c(ccnc24)CCO3)c1[C@@H](OC(C)(C)C)C(=O)O.Cc1cc2ncccc2c(-c2ccc3c4c(ccnc24)CCO3)c1[C@H](OC(C)(C)C)C(=O)O. The lowest BCUT2D eigenvalue weighted by molar-refractivity contribution is -0.161. The molecule has 4 aliphatic rings. The standard InChI is InChI=1S/C40H36N2O6.C29H28N4O3.2C27H26N2O4/c1-24-22-31-29(15-17-33(43)42(31)23-25-10-12-28(13-11-25)47-27-8-6-5-7-9-27)36(34(24)38(39(44)45)48-40(2,3)4)30-14-16-32-35-26(19-21-46-32)18-20-41-37(30)35;1-16-14-22-20(7-6-19-15-31-32-33(19)22)26(24(16)28(17(2)34)36-29(3,4)5)21-8-9-23-25-18(11-13-35-23)10-12-30-27(21)25;2*1-15-14-19-17(6-5-11-28-19)23(21(15)25(26(30)31)33-27(2,3)4)18-7-8-20-22-16(10-13-32-20)9-12-29-24(18)22/h5-18,20,22,38H,19,21,23H2,1-4H3,(H,44,45);6-10,12,14-15,28H,11,13H2,1-5H3;2*5-9,11-12,14,25H,10,13H2,1-4H3,(H,30,31)/t38-;28-;2*25-/m0110/s1. The van der Waals surface area contributed by atoms with Gasteiger partial charge < -0.3 is 62.5 Å². The minimum Gasteiger partial charge on any atom is -0.493 e. The van der Waals surface area contributed by atoms with Gasteiger partial charge in [-0.05, 0) is 347 Å². The Hall–Kier alpha value is -16.3. The Bertz CT molecular complexity index is 8460. The summed E-state index contributed by atoms with van der Waals surface area (Å²) in [6.07, 6.45) is 11.4. The molecule has 3 N–H and O–H groups in total. The van der Waals surface area contributed by atoms with E-state index in [0.29, 0.717) is 77.6 Å². The van der Waals surface area contributed by atoms with Gasteiger partial charge in [-0.25, -0.2) is 18.9 Å². The first-order chi connectivity index (χ1) is 71.8. The Balaban J connectivity index is 0.000000122. The molecular formula is C123H116N10O17. The third-order valence-electron chi connectivity index (χ3n) is 27.2. The normalized spacial score (nSPS) is 14.0. The minimum atomic E-state index is -1.27. The molecule has 0 aliphatic carbocycles. The van der Waals surface area contributed by atoms with E-state index in [9.17, 15) is 39.3 Å². The van der Waals surface area contributed by atoms with E-state index in [1.807, 2.05) is 298 Å². The number of nitrogens with zero attached hydrogens (tertiary/aromatic N) is 10. The van der Waals surface area contributed by atoms with Crippen LogP contribution in [0.15, 0.2) is 248 Å². The molecule has 9 aromatic heterocycles. The third kappa shape index (κ3) is 20.0. The van der Waals surface area contributed by atoms with Gasteiger partial charge in [0, 0.05) is 151 Å². The number of benzene rings is 10. The van der Waals surface area contributed by atoms with Crippen LogP contribution in [0.1, 0.15) is 187 Å². The smallest absolute Gasteiger partial charge is 0.337 e. The minimum absolute atomic E-state index is 0.0468. The first-order valence-corrected chi connectivity index (χ1v) is 50.4. The number of aryl methyl sites for hydroxylation is 4. The van der Waals surface area contributed by atoms with Crippen LogP contribution in [0.25, 0.3) is 137 Å². The van der Waals surface area contributed by atoms with Crippen molar-refractivity contribution in [2.45, 2.75) is 197 Å².